The van der Waals surface area contributed by atoms with E-state index in [-0.39, 0.29) is 0 Å². The number of fused-ring (bicyclic) bond motifs is 1. The molecule has 4 rings (SSSR count). The van der Waals surface area contributed by atoms with Gasteiger partial charge in [0.15, 0.2) is 9.66 Å². The summed E-state index contributed by atoms with van der Waals surface area (Å²) in [6.45, 7) is 9.02. The highest BCUT2D eigenvalue weighted by Gasteiger charge is 2.13. The van der Waals surface area contributed by atoms with Gasteiger partial charge in [-0.1, -0.05) is 98.9 Å². The van der Waals surface area contributed by atoms with Gasteiger partial charge in [-0.3, -0.25) is 0 Å². The Morgan fingerprint density at radius 2 is 0.964 bits per heavy atom. The molecule has 0 saturated carbocycles. The monoisotopic (exact) mass is 406 g/mol. The maximum absolute atomic E-state index is 4.85. The van der Waals surface area contributed by atoms with E-state index in [1.165, 1.54) is 22.3 Å². The normalized spacial score (nSPS) is 11.8. The molecule has 0 unspecified atom stereocenters. The van der Waals surface area contributed by atoms with E-state index in [1.54, 1.807) is 22.7 Å². The molecule has 2 heterocycles. The van der Waals surface area contributed by atoms with Gasteiger partial charge in [0.05, 0.1) is 0 Å². The SMILES string of the molecule is CC(C)Cc1ccc(-c2nc3sc(-c4ccc(CC(C)C)cc4)nc3s2)cc1. The Morgan fingerprint density at radius 3 is 1.29 bits per heavy atom. The van der Waals surface area contributed by atoms with Crippen LogP contribution in [0.4, 0.5) is 0 Å². The van der Waals surface area contributed by atoms with Crippen molar-refractivity contribution in [2.75, 3.05) is 0 Å². The molecule has 0 bridgehead atoms. The second kappa shape index (κ2) is 8.14. The van der Waals surface area contributed by atoms with Gasteiger partial charge in [0.1, 0.15) is 10.0 Å². The molecule has 0 N–H and O–H groups in total. The van der Waals surface area contributed by atoms with Crippen LogP contribution in [0.5, 0.6) is 0 Å². The van der Waals surface area contributed by atoms with Crippen molar-refractivity contribution >= 4 is 32.3 Å². The Labute approximate surface area is 175 Å². The van der Waals surface area contributed by atoms with Crippen LogP contribution >= 0.6 is 22.7 Å². The van der Waals surface area contributed by atoms with Gasteiger partial charge in [0, 0.05) is 11.1 Å². The van der Waals surface area contributed by atoms with Crippen molar-refractivity contribution in [2.24, 2.45) is 11.8 Å². The largest absolute Gasteiger partial charge is 0.223 e. The van der Waals surface area contributed by atoms with E-state index in [4.69, 9.17) is 9.97 Å². The first-order chi connectivity index (χ1) is 13.5. The lowest BCUT2D eigenvalue weighted by Gasteiger charge is -2.05. The Kier molecular flexibility index (Phi) is 5.61. The fourth-order valence-corrected chi connectivity index (χ4v) is 5.45. The van der Waals surface area contributed by atoms with Crippen molar-refractivity contribution in [2.45, 2.75) is 40.5 Å². The lowest BCUT2D eigenvalue weighted by Crippen LogP contribution is -1.93. The third kappa shape index (κ3) is 4.34. The maximum Gasteiger partial charge on any atom is 0.155 e. The lowest BCUT2D eigenvalue weighted by atomic mass is 10.0. The smallest absolute Gasteiger partial charge is 0.155 e. The van der Waals surface area contributed by atoms with Crippen LogP contribution in [0.2, 0.25) is 0 Å². The summed E-state index contributed by atoms with van der Waals surface area (Å²) in [6.07, 6.45) is 2.24. The molecule has 0 saturated heterocycles. The number of benzene rings is 2. The van der Waals surface area contributed by atoms with Gasteiger partial charge in [-0.25, -0.2) is 9.97 Å². The van der Waals surface area contributed by atoms with Gasteiger partial charge >= 0.3 is 0 Å². The zero-order valence-electron chi connectivity index (χ0n) is 16.9. The van der Waals surface area contributed by atoms with Gasteiger partial charge in [-0.2, -0.15) is 0 Å². The maximum atomic E-state index is 4.85. The van der Waals surface area contributed by atoms with E-state index in [1.807, 2.05) is 0 Å². The van der Waals surface area contributed by atoms with Crippen LogP contribution in [-0.2, 0) is 12.8 Å². The number of nitrogens with zero attached hydrogens (tertiary/aromatic N) is 2. The standard InChI is InChI=1S/C24H26N2S2/c1-15(2)13-17-5-9-19(10-6-17)21-25-23-24(27-21)26-22(28-23)20-11-7-18(8-12-20)14-16(3)4/h5-12,15-16H,13-14H2,1-4H3. The minimum atomic E-state index is 0.679. The second-order valence-electron chi connectivity index (χ2n) is 8.24. The second-order valence-corrected chi connectivity index (χ2v) is 10.2. The van der Waals surface area contributed by atoms with Crippen LogP contribution in [0.3, 0.4) is 0 Å². The van der Waals surface area contributed by atoms with E-state index in [9.17, 15) is 0 Å². The lowest BCUT2D eigenvalue weighted by molar-refractivity contribution is 0.647. The van der Waals surface area contributed by atoms with Gasteiger partial charge in [0.25, 0.3) is 0 Å². The van der Waals surface area contributed by atoms with Crippen LogP contribution in [0.15, 0.2) is 48.5 Å². The molecular weight excluding hydrogens is 380 g/mol. The summed E-state index contributed by atoms with van der Waals surface area (Å²) in [5.41, 5.74) is 5.14. The van der Waals surface area contributed by atoms with Crippen LogP contribution in [0.1, 0.15) is 38.8 Å². The van der Waals surface area contributed by atoms with Crippen molar-refractivity contribution in [1.82, 2.24) is 9.97 Å². The van der Waals surface area contributed by atoms with E-state index in [0.29, 0.717) is 11.8 Å². The van der Waals surface area contributed by atoms with Crippen molar-refractivity contribution < 1.29 is 0 Å². The molecule has 0 amide bonds. The molecule has 2 aromatic heterocycles. The zero-order chi connectivity index (χ0) is 19.7. The van der Waals surface area contributed by atoms with Crippen LogP contribution in [0, 0.1) is 11.8 Å². The average molecular weight is 407 g/mol. The third-order valence-electron chi connectivity index (χ3n) is 4.67. The molecule has 4 aromatic rings. The minimum Gasteiger partial charge on any atom is -0.223 e. The molecule has 2 nitrogen and oxygen atoms in total. The predicted octanol–water partition coefficient (Wildman–Crippen LogP) is 7.48. The van der Waals surface area contributed by atoms with E-state index >= 15 is 0 Å². The van der Waals surface area contributed by atoms with Crippen molar-refractivity contribution in [3.05, 3.63) is 59.7 Å². The molecule has 0 atom stereocenters. The molecule has 0 radical (unpaired) electrons. The fourth-order valence-electron chi connectivity index (χ4n) is 3.40. The molecule has 0 aliphatic rings. The van der Waals surface area contributed by atoms with Crippen molar-refractivity contribution in [1.29, 1.82) is 0 Å². The number of hydrogen-bond acceptors (Lipinski definition) is 4. The number of rotatable bonds is 6. The van der Waals surface area contributed by atoms with Crippen molar-refractivity contribution in [3.8, 4) is 21.1 Å². The molecule has 0 fully saturated rings. The molecule has 28 heavy (non-hydrogen) atoms. The topological polar surface area (TPSA) is 25.8 Å². The molecule has 2 aromatic carbocycles. The molecule has 144 valence electrons. The van der Waals surface area contributed by atoms with Gasteiger partial charge < -0.3 is 0 Å². The van der Waals surface area contributed by atoms with E-state index in [0.717, 1.165) is 32.5 Å². The average Bonchev–Trinajstić information content (AvgIpc) is 3.21. The summed E-state index contributed by atoms with van der Waals surface area (Å²) in [4.78, 5) is 11.8. The molecule has 4 heteroatoms. The van der Waals surface area contributed by atoms with Gasteiger partial charge in [0.2, 0.25) is 0 Å². The summed E-state index contributed by atoms with van der Waals surface area (Å²) in [5.74, 6) is 1.36. The Morgan fingerprint density at radius 1 is 0.607 bits per heavy atom. The zero-order valence-corrected chi connectivity index (χ0v) is 18.5. The number of thiazole rings is 2. The van der Waals surface area contributed by atoms with Gasteiger partial charge in [-0.15, -0.1) is 0 Å². The molecule has 0 aliphatic carbocycles. The first-order valence-electron chi connectivity index (χ1n) is 9.94. The quantitative estimate of drug-likeness (QED) is 0.331. The third-order valence-corrected chi connectivity index (χ3v) is 6.79. The summed E-state index contributed by atoms with van der Waals surface area (Å²) >= 11 is 3.37. The highest BCUT2D eigenvalue weighted by Crippen LogP contribution is 2.36. The van der Waals surface area contributed by atoms with Gasteiger partial charge in [-0.05, 0) is 35.8 Å². The summed E-state index contributed by atoms with van der Waals surface area (Å²) in [6, 6.07) is 17.7. The fraction of sp³-hybridized carbons (Fsp3) is 0.333. The summed E-state index contributed by atoms with van der Waals surface area (Å²) < 4.78 is 0. The van der Waals surface area contributed by atoms with E-state index < -0.39 is 0 Å². The molecule has 0 spiro atoms. The first-order valence-corrected chi connectivity index (χ1v) is 11.6. The van der Waals surface area contributed by atoms with Crippen LogP contribution in [0.25, 0.3) is 30.8 Å². The van der Waals surface area contributed by atoms with Crippen LogP contribution in [-0.4, -0.2) is 9.97 Å². The predicted molar refractivity (Wildman–Crippen MR) is 123 cm³/mol. The van der Waals surface area contributed by atoms with Crippen molar-refractivity contribution in [3.63, 3.8) is 0 Å². The number of hydrogen-bond donors (Lipinski definition) is 0. The highest BCUT2D eigenvalue weighted by atomic mass is 32.1. The Hall–Kier alpha value is -2.04. The van der Waals surface area contributed by atoms with E-state index in [2.05, 4.69) is 76.2 Å². The number of aromatic nitrogens is 2. The summed E-state index contributed by atoms with van der Waals surface area (Å²) in [5, 5.41) is 2.12. The summed E-state index contributed by atoms with van der Waals surface area (Å²) in [7, 11) is 0. The Balaban J connectivity index is 1.55. The molecular formula is C24H26N2S2. The minimum absolute atomic E-state index is 0.679. The Bertz CT molecular complexity index is 940. The van der Waals surface area contributed by atoms with Crippen LogP contribution < -0.4 is 0 Å². The highest BCUT2D eigenvalue weighted by molar-refractivity contribution is 7.29. The molecule has 0 aliphatic heterocycles. The first kappa shape index (κ1) is 19.3.